The molecule has 1 fully saturated rings. The van der Waals surface area contributed by atoms with E-state index in [2.05, 4.69) is 31.9 Å². The lowest BCUT2D eigenvalue weighted by Crippen LogP contribution is -2.27. The number of carbonyl (C=O) groups excluding carboxylic acids is 2. The molecule has 5 rings (SSSR count). The Morgan fingerprint density at radius 2 is 1.75 bits per heavy atom. The topological polar surface area (TPSA) is 65.1 Å². The van der Waals surface area contributed by atoms with Gasteiger partial charge in [-0.05, 0) is 85.1 Å². The van der Waals surface area contributed by atoms with Gasteiger partial charge in [0, 0.05) is 16.7 Å². The van der Waals surface area contributed by atoms with Gasteiger partial charge >= 0.3 is 0 Å². The van der Waals surface area contributed by atoms with Gasteiger partial charge < -0.3 is 14.2 Å². The molecule has 0 radical (unpaired) electrons. The van der Waals surface area contributed by atoms with Gasteiger partial charge in [-0.2, -0.15) is 0 Å². The van der Waals surface area contributed by atoms with Crippen LogP contribution in [0.2, 0.25) is 5.02 Å². The van der Waals surface area contributed by atoms with E-state index in [1.54, 1.807) is 48.5 Å². The van der Waals surface area contributed by atoms with E-state index in [0.717, 1.165) is 16.7 Å². The quantitative estimate of drug-likeness (QED) is 0.256. The standard InChI is InChI=1S/C25H15Br2ClFNO5S/c26-16-5-13(6-17(27)23(16)33-11-14-3-1-2-4-19(14)29)7-22-24(31)30(25(32)36-22)10-15-8-20-21(9-18(15)28)35-12-34-20/h1-9H,10-12H2/b22-7+. The molecule has 0 atom stereocenters. The highest BCUT2D eigenvalue weighted by molar-refractivity contribution is 9.11. The average molecular weight is 656 g/mol. The number of amides is 2. The fourth-order valence-electron chi connectivity index (χ4n) is 3.60. The highest BCUT2D eigenvalue weighted by atomic mass is 79.9. The zero-order valence-corrected chi connectivity index (χ0v) is 23.0. The van der Waals surface area contributed by atoms with Gasteiger partial charge in [0.2, 0.25) is 6.79 Å². The summed E-state index contributed by atoms with van der Waals surface area (Å²) in [7, 11) is 0. The third-order valence-corrected chi connectivity index (χ3v) is 7.83. The molecule has 1 saturated heterocycles. The predicted molar refractivity (Wildman–Crippen MR) is 142 cm³/mol. The highest BCUT2D eigenvalue weighted by Crippen LogP contribution is 2.41. The van der Waals surface area contributed by atoms with Crippen LogP contribution in [0.25, 0.3) is 6.08 Å². The van der Waals surface area contributed by atoms with Crippen LogP contribution in [0.4, 0.5) is 9.18 Å². The molecule has 0 saturated carbocycles. The number of carbonyl (C=O) groups is 2. The molecule has 0 spiro atoms. The molecular weight excluding hydrogens is 641 g/mol. The first-order chi connectivity index (χ1) is 17.3. The molecule has 2 aliphatic heterocycles. The molecule has 2 heterocycles. The zero-order chi connectivity index (χ0) is 25.4. The number of hydrogen-bond donors (Lipinski definition) is 0. The lowest BCUT2D eigenvalue weighted by Gasteiger charge is -2.14. The molecule has 36 heavy (non-hydrogen) atoms. The van der Waals surface area contributed by atoms with E-state index in [1.807, 2.05) is 0 Å². The molecule has 3 aromatic rings. The molecule has 0 bridgehead atoms. The van der Waals surface area contributed by atoms with Crippen molar-refractivity contribution in [2.75, 3.05) is 6.79 Å². The molecule has 184 valence electrons. The number of thioether (sulfide) groups is 1. The fraction of sp³-hybridized carbons (Fsp3) is 0.120. The van der Waals surface area contributed by atoms with Crippen LogP contribution in [0.15, 0.2) is 62.4 Å². The number of imide groups is 1. The summed E-state index contributed by atoms with van der Waals surface area (Å²) in [6, 6.07) is 13.2. The minimum atomic E-state index is -0.425. The van der Waals surface area contributed by atoms with Crippen LogP contribution in [-0.2, 0) is 17.9 Å². The number of nitrogens with zero attached hydrogens (tertiary/aromatic N) is 1. The van der Waals surface area contributed by atoms with E-state index >= 15 is 0 Å². The first-order valence-corrected chi connectivity index (χ1v) is 13.3. The van der Waals surface area contributed by atoms with Gasteiger partial charge in [0.25, 0.3) is 11.1 Å². The minimum absolute atomic E-state index is 0.00763. The van der Waals surface area contributed by atoms with Gasteiger partial charge in [-0.25, -0.2) is 4.39 Å². The van der Waals surface area contributed by atoms with Crippen molar-refractivity contribution in [3.63, 3.8) is 0 Å². The Morgan fingerprint density at radius 1 is 1.06 bits per heavy atom. The summed E-state index contributed by atoms with van der Waals surface area (Å²) >= 11 is 14.1. The van der Waals surface area contributed by atoms with Crippen molar-refractivity contribution in [1.82, 2.24) is 4.90 Å². The molecule has 0 N–H and O–H groups in total. The molecule has 11 heteroatoms. The van der Waals surface area contributed by atoms with Gasteiger partial charge in [-0.1, -0.05) is 29.8 Å². The van der Waals surface area contributed by atoms with Gasteiger partial charge in [0.15, 0.2) is 11.5 Å². The molecular formula is C25H15Br2ClFNO5S. The van der Waals surface area contributed by atoms with Gasteiger partial charge in [-0.15, -0.1) is 0 Å². The summed E-state index contributed by atoms with van der Waals surface area (Å²) in [6.45, 7) is 0.149. The van der Waals surface area contributed by atoms with Gasteiger partial charge in [0.1, 0.15) is 18.2 Å². The molecule has 2 amide bonds. The number of benzene rings is 3. The second-order valence-electron chi connectivity index (χ2n) is 7.76. The van der Waals surface area contributed by atoms with Crippen molar-refractivity contribution < 1.29 is 28.2 Å². The molecule has 0 aliphatic carbocycles. The first kappa shape index (κ1) is 25.1. The van der Waals surface area contributed by atoms with E-state index in [4.69, 9.17) is 25.8 Å². The van der Waals surface area contributed by atoms with E-state index in [9.17, 15) is 14.0 Å². The molecule has 0 aromatic heterocycles. The third kappa shape index (κ3) is 5.13. The Kier molecular flexibility index (Phi) is 7.30. The maximum absolute atomic E-state index is 13.9. The number of rotatable bonds is 6. The lowest BCUT2D eigenvalue weighted by atomic mass is 10.1. The van der Waals surface area contributed by atoms with Crippen molar-refractivity contribution in [1.29, 1.82) is 0 Å². The van der Waals surface area contributed by atoms with Crippen molar-refractivity contribution >= 4 is 72.4 Å². The normalized spacial score (nSPS) is 15.8. The van der Waals surface area contributed by atoms with Crippen LogP contribution in [0.1, 0.15) is 16.7 Å². The lowest BCUT2D eigenvalue weighted by molar-refractivity contribution is -0.123. The SMILES string of the molecule is O=C1S/C(=C/c2cc(Br)c(OCc3ccccc3F)c(Br)c2)C(=O)N1Cc1cc2c(cc1Cl)OCO2. The van der Waals surface area contributed by atoms with Crippen LogP contribution in [0, 0.1) is 5.82 Å². The minimum Gasteiger partial charge on any atom is -0.486 e. The number of hydrogen-bond acceptors (Lipinski definition) is 6. The molecule has 3 aromatic carbocycles. The first-order valence-electron chi connectivity index (χ1n) is 10.5. The maximum Gasteiger partial charge on any atom is 0.293 e. The largest absolute Gasteiger partial charge is 0.486 e. The summed E-state index contributed by atoms with van der Waals surface area (Å²) in [4.78, 5) is 27.1. The zero-order valence-electron chi connectivity index (χ0n) is 18.2. The highest BCUT2D eigenvalue weighted by Gasteiger charge is 2.36. The van der Waals surface area contributed by atoms with E-state index in [-0.39, 0.29) is 30.7 Å². The van der Waals surface area contributed by atoms with Crippen LogP contribution < -0.4 is 14.2 Å². The summed E-state index contributed by atoms with van der Waals surface area (Å²) in [6.07, 6.45) is 1.63. The molecule has 0 unspecified atom stereocenters. The number of fused-ring (bicyclic) bond motifs is 1. The van der Waals surface area contributed by atoms with Crippen LogP contribution in [0.5, 0.6) is 17.2 Å². The van der Waals surface area contributed by atoms with E-state index in [1.165, 1.54) is 6.07 Å². The van der Waals surface area contributed by atoms with Crippen LogP contribution in [0.3, 0.4) is 0 Å². The van der Waals surface area contributed by atoms with Crippen LogP contribution in [-0.4, -0.2) is 22.8 Å². The molecule has 2 aliphatic rings. The van der Waals surface area contributed by atoms with E-state index < -0.39 is 11.1 Å². The van der Waals surface area contributed by atoms with Crippen molar-refractivity contribution in [3.05, 3.63) is 89.9 Å². The number of halogens is 4. The Morgan fingerprint density at radius 3 is 2.47 bits per heavy atom. The summed E-state index contributed by atoms with van der Waals surface area (Å²) in [5.41, 5.74) is 1.67. The Balaban J connectivity index is 1.33. The van der Waals surface area contributed by atoms with Crippen molar-refractivity contribution in [3.8, 4) is 17.2 Å². The average Bonchev–Trinajstić information content (AvgIpc) is 3.38. The van der Waals surface area contributed by atoms with Crippen molar-refractivity contribution in [2.45, 2.75) is 13.2 Å². The summed E-state index contributed by atoms with van der Waals surface area (Å²) in [5, 5.41) is -0.0240. The third-order valence-electron chi connectivity index (χ3n) is 5.39. The van der Waals surface area contributed by atoms with Gasteiger partial charge in [0.05, 0.1) is 20.4 Å². The second-order valence-corrected chi connectivity index (χ2v) is 10.9. The second kappa shape index (κ2) is 10.5. The Hall–Kier alpha value is -2.53. The number of ether oxygens (including phenoxy) is 3. The Labute approximate surface area is 231 Å². The summed E-state index contributed by atoms with van der Waals surface area (Å²) < 4.78 is 31.6. The molecule has 6 nitrogen and oxygen atoms in total. The van der Waals surface area contributed by atoms with Crippen LogP contribution >= 0.6 is 55.2 Å². The maximum atomic E-state index is 13.9. The van der Waals surface area contributed by atoms with Gasteiger partial charge in [-0.3, -0.25) is 14.5 Å². The smallest absolute Gasteiger partial charge is 0.293 e. The fourth-order valence-corrected chi connectivity index (χ4v) is 6.11. The predicted octanol–water partition coefficient (Wildman–Crippen LogP) is 7.55. The van der Waals surface area contributed by atoms with Crippen molar-refractivity contribution in [2.24, 2.45) is 0 Å². The van der Waals surface area contributed by atoms with E-state index in [0.29, 0.717) is 47.9 Å². The monoisotopic (exact) mass is 653 g/mol. The summed E-state index contributed by atoms with van der Waals surface area (Å²) in [5.74, 6) is 0.755. The Bertz CT molecular complexity index is 1410.